The van der Waals surface area contributed by atoms with Gasteiger partial charge in [0.15, 0.2) is 0 Å². The normalized spacial score (nSPS) is 16.5. The molecule has 2 heterocycles. The number of hydrogen-bond donors (Lipinski definition) is 1. The Labute approximate surface area is 309 Å². The van der Waals surface area contributed by atoms with Crippen molar-refractivity contribution < 1.29 is 28.6 Å². The van der Waals surface area contributed by atoms with Gasteiger partial charge in [0.25, 0.3) is 0 Å². The van der Waals surface area contributed by atoms with Crippen LogP contribution in [0.5, 0.6) is 0 Å². The Morgan fingerprint density at radius 1 is 0.827 bits per heavy atom. The van der Waals surface area contributed by atoms with E-state index in [1.54, 1.807) is 24.3 Å². The molecule has 1 saturated heterocycles. The number of aromatic nitrogens is 1. The maximum absolute atomic E-state index is 13.2. The topological polar surface area (TPSA) is 107 Å². The molecule has 280 valence electrons. The van der Waals surface area contributed by atoms with E-state index in [4.69, 9.17) is 14.2 Å². The van der Waals surface area contributed by atoms with Gasteiger partial charge in [0.2, 0.25) is 0 Å². The van der Waals surface area contributed by atoms with E-state index in [9.17, 15) is 14.4 Å². The largest absolute Gasteiger partial charge is 0.469 e. The van der Waals surface area contributed by atoms with Crippen LogP contribution in [0.1, 0.15) is 110 Å². The molecule has 0 unspecified atom stereocenters. The van der Waals surface area contributed by atoms with E-state index in [0.29, 0.717) is 36.4 Å². The highest BCUT2D eigenvalue weighted by Crippen LogP contribution is 2.47. The van der Waals surface area contributed by atoms with Crippen molar-refractivity contribution >= 4 is 23.7 Å². The molecule has 3 aromatic rings. The number of anilines is 1. The SMILES string of the molecule is COC(=O)CCCC(CCC1(CCN2CCC(Nc3ccc(C)cn3)CC2)CCCCC1)(COC(=O)c1ccccc1)COC(=O)c1ccccc1. The molecule has 1 saturated carbocycles. The van der Waals surface area contributed by atoms with Gasteiger partial charge >= 0.3 is 17.9 Å². The molecule has 52 heavy (non-hydrogen) atoms. The van der Waals surface area contributed by atoms with Crippen molar-refractivity contribution in [3.8, 4) is 0 Å². The zero-order valence-electron chi connectivity index (χ0n) is 31.2. The summed E-state index contributed by atoms with van der Waals surface area (Å²) in [5, 5.41) is 3.63. The summed E-state index contributed by atoms with van der Waals surface area (Å²) >= 11 is 0. The van der Waals surface area contributed by atoms with Gasteiger partial charge in [-0.2, -0.15) is 0 Å². The number of nitrogens with one attached hydrogen (secondary N) is 1. The lowest BCUT2D eigenvalue weighted by Crippen LogP contribution is -2.42. The summed E-state index contributed by atoms with van der Waals surface area (Å²) in [5.41, 5.74) is 1.60. The molecule has 5 rings (SSSR count). The van der Waals surface area contributed by atoms with Crippen LogP contribution in [-0.4, -0.2) is 73.8 Å². The van der Waals surface area contributed by atoms with E-state index in [0.717, 1.165) is 69.5 Å². The lowest BCUT2D eigenvalue weighted by Gasteiger charge is -2.43. The average molecular weight is 712 g/mol. The number of methoxy groups -OCH3 is 1. The maximum Gasteiger partial charge on any atom is 0.338 e. The lowest BCUT2D eigenvalue weighted by atomic mass is 9.65. The van der Waals surface area contributed by atoms with Gasteiger partial charge in [-0.05, 0) is 113 Å². The van der Waals surface area contributed by atoms with Gasteiger partial charge in [0, 0.05) is 37.2 Å². The molecular weight excluding hydrogens is 654 g/mol. The van der Waals surface area contributed by atoms with Crippen LogP contribution in [0.2, 0.25) is 0 Å². The summed E-state index contributed by atoms with van der Waals surface area (Å²) in [6.07, 6.45) is 14.2. The third-order valence-electron chi connectivity index (χ3n) is 11.3. The van der Waals surface area contributed by atoms with Crippen LogP contribution in [0.15, 0.2) is 79.0 Å². The van der Waals surface area contributed by atoms with Gasteiger partial charge < -0.3 is 24.4 Å². The quantitative estimate of drug-likeness (QED) is 0.103. The van der Waals surface area contributed by atoms with Crippen LogP contribution >= 0.6 is 0 Å². The fourth-order valence-corrected chi connectivity index (χ4v) is 7.83. The minimum absolute atomic E-state index is 0.0937. The van der Waals surface area contributed by atoms with E-state index >= 15 is 0 Å². The molecule has 9 heteroatoms. The number of nitrogens with zero attached hydrogens (tertiary/aromatic N) is 2. The van der Waals surface area contributed by atoms with Crippen LogP contribution in [0.25, 0.3) is 0 Å². The van der Waals surface area contributed by atoms with E-state index in [2.05, 4.69) is 34.3 Å². The summed E-state index contributed by atoms with van der Waals surface area (Å²) in [5.74, 6) is -0.148. The van der Waals surface area contributed by atoms with Crippen molar-refractivity contribution in [2.24, 2.45) is 10.8 Å². The zero-order chi connectivity index (χ0) is 36.7. The van der Waals surface area contributed by atoms with Crippen molar-refractivity contribution in [1.29, 1.82) is 0 Å². The highest BCUT2D eigenvalue weighted by molar-refractivity contribution is 5.89. The average Bonchev–Trinajstić information content (AvgIpc) is 3.19. The highest BCUT2D eigenvalue weighted by Gasteiger charge is 2.39. The predicted octanol–water partition coefficient (Wildman–Crippen LogP) is 8.43. The molecule has 1 aromatic heterocycles. The van der Waals surface area contributed by atoms with Gasteiger partial charge in [-0.1, -0.05) is 61.7 Å². The number of rotatable bonds is 18. The fourth-order valence-electron chi connectivity index (χ4n) is 7.83. The Balaban J connectivity index is 1.28. The summed E-state index contributed by atoms with van der Waals surface area (Å²) in [6, 6.07) is 22.5. The second kappa shape index (κ2) is 19.6. The first-order chi connectivity index (χ1) is 25.3. The number of aryl methyl sites for hydroxylation is 1. The standard InChI is InChI=1S/C43H57N3O6/c1-34-18-19-38(44-31-34)45-37-20-28-46(29-21-37)30-27-42(22-10-5-11-23-42)25-26-43(24-12-17-39(47)50-2,32-51-40(48)35-13-6-3-7-14-35)33-52-41(49)36-15-8-4-9-16-36/h3-4,6-9,13-16,18-19,31,37H,5,10-12,17,20-30,32-33H2,1-2H3,(H,44,45). The molecule has 0 atom stereocenters. The summed E-state index contributed by atoms with van der Waals surface area (Å²) in [7, 11) is 1.39. The Bertz CT molecular complexity index is 1480. The lowest BCUT2D eigenvalue weighted by molar-refractivity contribution is -0.141. The van der Waals surface area contributed by atoms with Crippen LogP contribution in [0.3, 0.4) is 0 Å². The second-order valence-corrected chi connectivity index (χ2v) is 15.1. The summed E-state index contributed by atoms with van der Waals surface area (Å²) in [4.78, 5) is 45.9. The van der Waals surface area contributed by atoms with Crippen molar-refractivity contribution in [3.63, 3.8) is 0 Å². The number of hydrogen-bond acceptors (Lipinski definition) is 9. The number of likely N-dealkylation sites (tertiary alicyclic amines) is 1. The Kier molecular flexibility index (Phi) is 14.7. The van der Waals surface area contributed by atoms with E-state index in [1.165, 1.54) is 26.4 Å². The minimum atomic E-state index is -0.665. The molecule has 0 bridgehead atoms. The number of carbonyl (C=O) groups is 3. The monoisotopic (exact) mass is 711 g/mol. The van der Waals surface area contributed by atoms with Gasteiger partial charge in [-0.3, -0.25) is 4.79 Å². The van der Waals surface area contributed by atoms with Crippen molar-refractivity contribution in [3.05, 3.63) is 95.7 Å². The Hall–Kier alpha value is -4.24. The molecule has 9 nitrogen and oxygen atoms in total. The number of carbonyl (C=O) groups excluding carboxylic acids is 3. The second-order valence-electron chi connectivity index (χ2n) is 15.1. The molecule has 2 aromatic carbocycles. The van der Waals surface area contributed by atoms with E-state index in [-0.39, 0.29) is 31.0 Å². The molecule has 1 aliphatic heterocycles. The van der Waals surface area contributed by atoms with Crippen molar-refractivity contribution in [2.75, 3.05) is 45.3 Å². The van der Waals surface area contributed by atoms with Gasteiger partial charge in [-0.25, -0.2) is 14.6 Å². The maximum atomic E-state index is 13.2. The fraction of sp³-hybridized carbons (Fsp3) is 0.535. The third kappa shape index (κ3) is 11.9. The summed E-state index contributed by atoms with van der Waals surface area (Å²) < 4.78 is 17.0. The first kappa shape index (κ1) is 39.0. The van der Waals surface area contributed by atoms with Gasteiger partial charge in [0.1, 0.15) is 19.0 Å². The molecule has 0 amide bonds. The number of esters is 3. The van der Waals surface area contributed by atoms with Crippen LogP contribution < -0.4 is 5.32 Å². The van der Waals surface area contributed by atoms with Crippen LogP contribution in [-0.2, 0) is 19.0 Å². The zero-order valence-corrected chi connectivity index (χ0v) is 31.2. The number of benzene rings is 2. The molecule has 2 fully saturated rings. The molecular formula is C43H57N3O6. The molecule has 0 radical (unpaired) electrons. The van der Waals surface area contributed by atoms with Crippen LogP contribution in [0.4, 0.5) is 5.82 Å². The first-order valence-corrected chi connectivity index (χ1v) is 19.2. The number of piperidine rings is 1. The Morgan fingerprint density at radius 3 is 2.00 bits per heavy atom. The smallest absolute Gasteiger partial charge is 0.338 e. The Morgan fingerprint density at radius 2 is 1.44 bits per heavy atom. The molecule has 1 N–H and O–H groups in total. The highest BCUT2D eigenvalue weighted by atomic mass is 16.5. The third-order valence-corrected chi connectivity index (χ3v) is 11.3. The van der Waals surface area contributed by atoms with Gasteiger partial charge in [0.05, 0.1) is 18.2 Å². The molecule has 1 aliphatic carbocycles. The minimum Gasteiger partial charge on any atom is -0.469 e. The number of ether oxygens (including phenoxy) is 3. The van der Waals surface area contributed by atoms with E-state index < -0.39 is 17.4 Å². The first-order valence-electron chi connectivity index (χ1n) is 19.2. The van der Waals surface area contributed by atoms with Crippen LogP contribution in [0, 0.1) is 17.8 Å². The van der Waals surface area contributed by atoms with E-state index in [1.807, 2.05) is 42.6 Å². The predicted molar refractivity (Wildman–Crippen MR) is 203 cm³/mol. The molecule has 2 aliphatic rings. The van der Waals surface area contributed by atoms with Crippen molar-refractivity contribution in [1.82, 2.24) is 9.88 Å². The number of pyridine rings is 1. The molecule has 0 spiro atoms. The van der Waals surface area contributed by atoms with Gasteiger partial charge in [-0.15, -0.1) is 0 Å². The summed E-state index contributed by atoms with van der Waals surface area (Å²) in [6.45, 7) is 5.41. The van der Waals surface area contributed by atoms with Crippen molar-refractivity contribution in [2.45, 2.75) is 96.4 Å².